The summed E-state index contributed by atoms with van der Waals surface area (Å²) < 4.78 is 38.1. The number of alkyl halides is 3. The van der Waals surface area contributed by atoms with Gasteiger partial charge in [0.1, 0.15) is 0 Å². The van der Waals surface area contributed by atoms with Gasteiger partial charge in [-0.05, 0) is 59.9 Å². The summed E-state index contributed by atoms with van der Waals surface area (Å²) in [6.45, 7) is 0. The number of hydrogen-bond donors (Lipinski definition) is 0. The smallest absolute Gasteiger partial charge is 0.294 e. The van der Waals surface area contributed by atoms with Gasteiger partial charge in [0.2, 0.25) is 5.78 Å². The van der Waals surface area contributed by atoms with Crippen LogP contribution in [0, 0.1) is 0 Å². The maximum absolute atomic E-state index is 12.7. The molecule has 0 fully saturated rings. The predicted molar refractivity (Wildman–Crippen MR) is 108 cm³/mol. The fourth-order valence-corrected chi connectivity index (χ4v) is 4.74. The van der Waals surface area contributed by atoms with E-state index in [-0.39, 0.29) is 5.56 Å². The van der Waals surface area contributed by atoms with E-state index in [1.807, 2.05) is 24.3 Å². The summed E-state index contributed by atoms with van der Waals surface area (Å²) >= 11 is 0. The second kappa shape index (κ2) is 5.11. The van der Waals surface area contributed by atoms with Crippen LogP contribution in [0.1, 0.15) is 16.8 Å². The molecular formula is C24H11F3O2. The van der Waals surface area contributed by atoms with Crippen LogP contribution < -0.4 is 0 Å². The normalized spacial score (nSPS) is 13.1. The molecule has 0 aromatic heterocycles. The predicted octanol–water partition coefficient (Wildman–Crippen LogP) is 6.47. The Bertz CT molecular complexity index is 1550. The summed E-state index contributed by atoms with van der Waals surface area (Å²) in [7, 11) is 0. The summed E-state index contributed by atoms with van der Waals surface area (Å²) in [6, 6.07) is 17.3. The van der Waals surface area contributed by atoms with Gasteiger partial charge in [-0.15, -0.1) is 0 Å². The van der Waals surface area contributed by atoms with Crippen LogP contribution in [0.3, 0.4) is 0 Å². The minimum absolute atomic E-state index is 0.163. The summed E-state index contributed by atoms with van der Waals surface area (Å²) in [5.41, 5.74) is 0.163. The topological polar surface area (TPSA) is 34.1 Å². The number of carbonyl (C=O) groups is 2. The zero-order chi connectivity index (χ0) is 20.1. The second-order valence-electron chi connectivity index (χ2n) is 7.52. The van der Waals surface area contributed by atoms with Crippen molar-refractivity contribution in [2.24, 2.45) is 0 Å². The zero-order valence-electron chi connectivity index (χ0n) is 14.9. The molecule has 6 aromatic rings. The molecule has 0 spiro atoms. The highest BCUT2D eigenvalue weighted by Gasteiger charge is 2.39. The Kier molecular flexibility index (Phi) is 2.91. The van der Waals surface area contributed by atoms with E-state index in [1.165, 1.54) is 0 Å². The number of hydrogen-bond acceptors (Lipinski definition) is 2. The largest absolute Gasteiger partial charge is 0.450 e. The average Bonchev–Trinajstić information content (AvgIpc) is 3.06. The first-order chi connectivity index (χ1) is 13.8. The van der Waals surface area contributed by atoms with Gasteiger partial charge in [-0.3, -0.25) is 9.59 Å². The SMILES string of the molecule is O=C(CC(=O)C(F)(F)F)c1cc2ccc3ccc4ccc5ccc1c1c5c4c3c21. The minimum atomic E-state index is -5.02. The summed E-state index contributed by atoms with van der Waals surface area (Å²) in [4.78, 5) is 24.1. The van der Waals surface area contributed by atoms with Crippen LogP contribution in [-0.4, -0.2) is 17.7 Å². The molecule has 29 heavy (non-hydrogen) atoms. The van der Waals surface area contributed by atoms with Crippen LogP contribution in [0.2, 0.25) is 0 Å². The van der Waals surface area contributed by atoms with Crippen LogP contribution in [0.4, 0.5) is 13.2 Å². The second-order valence-corrected chi connectivity index (χ2v) is 7.52. The molecule has 0 atom stereocenters. The summed E-state index contributed by atoms with van der Waals surface area (Å²) in [5.74, 6) is -2.83. The van der Waals surface area contributed by atoms with Crippen molar-refractivity contribution in [3.05, 3.63) is 60.2 Å². The highest BCUT2D eigenvalue weighted by atomic mass is 19.4. The van der Waals surface area contributed by atoms with Gasteiger partial charge in [0.25, 0.3) is 0 Å². The van der Waals surface area contributed by atoms with E-state index in [1.54, 1.807) is 12.1 Å². The molecule has 0 unspecified atom stereocenters. The first-order valence-corrected chi connectivity index (χ1v) is 9.15. The third kappa shape index (κ3) is 2.02. The van der Waals surface area contributed by atoms with Crippen molar-refractivity contribution >= 4 is 65.4 Å². The molecule has 0 amide bonds. The molecular weight excluding hydrogens is 377 g/mol. The molecule has 0 radical (unpaired) electrons. The van der Waals surface area contributed by atoms with E-state index in [0.717, 1.165) is 48.5 Å². The number of ketones is 2. The highest BCUT2D eigenvalue weighted by molar-refractivity contribution is 6.45. The zero-order valence-corrected chi connectivity index (χ0v) is 14.9. The van der Waals surface area contributed by atoms with Gasteiger partial charge in [-0.2, -0.15) is 13.2 Å². The molecule has 0 saturated carbocycles. The third-order valence-corrected chi connectivity index (χ3v) is 5.96. The van der Waals surface area contributed by atoms with Gasteiger partial charge in [-0.1, -0.05) is 48.5 Å². The first-order valence-electron chi connectivity index (χ1n) is 9.15. The number of carbonyl (C=O) groups excluding carboxylic acids is 2. The van der Waals surface area contributed by atoms with Crippen molar-refractivity contribution in [1.29, 1.82) is 0 Å². The van der Waals surface area contributed by atoms with E-state index in [4.69, 9.17) is 0 Å². The third-order valence-electron chi connectivity index (χ3n) is 5.96. The average molecular weight is 388 g/mol. The Morgan fingerprint density at radius 1 is 0.655 bits per heavy atom. The quantitative estimate of drug-likeness (QED) is 0.198. The minimum Gasteiger partial charge on any atom is -0.294 e. The molecule has 2 nitrogen and oxygen atoms in total. The first kappa shape index (κ1) is 16.5. The van der Waals surface area contributed by atoms with Crippen molar-refractivity contribution in [1.82, 2.24) is 0 Å². The standard InChI is InChI=1S/C24H11F3O2/c25-24(26,27)18(29)10-17(28)16-9-14-6-5-12-2-1-11-3-4-13-7-8-15(16)23-21(13)19(11)20(12)22(14)23/h1-9H,10H2. The highest BCUT2D eigenvalue weighted by Crippen LogP contribution is 2.48. The van der Waals surface area contributed by atoms with E-state index in [0.29, 0.717) is 5.39 Å². The van der Waals surface area contributed by atoms with Crippen LogP contribution in [0.25, 0.3) is 53.9 Å². The van der Waals surface area contributed by atoms with Crippen LogP contribution in [-0.2, 0) is 4.79 Å². The Morgan fingerprint density at radius 2 is 1.10 bits per heavy atom. The number of halogens is 3. The monoisotopic (exact) mass is 388 g/mol. The molecule has 5 heteroatoms. The van der Waals surface area contributed by atoms with Crippen molar-refractivity contribution in [2.45, 2.75) is 12.6 Å². The van der Waals surface area contributed by atoms with Crippen molar-refractivity contribution in [3.8, 4) is 0 Å². The lowest BCUT2D eigenvalue weighted by molar-refractivity contribution is -0.170. The maximum Gasteiger partial charge on any atom is 0.450 e. The Labute approximate surface area is 161 Å². The van der Waals surface area contributed by atoms with Crippen LogP contribution in [0.5, 0.6) is 0 Å². The Morgan fingerprint density at radius 3 is 1.66 bits per heavy atom. The van der Waals surface area contributed by atoms with E-state index in [9.17, 15) is 22.8 Å². The van der Waals surface area contributed by atoms with E-state index in [2.05, 4.69) is 18.2 Å². The molecule has 0 aliphatic rings. The van der Waals surface area contributed by atoms with Crippen molar-refractivity contribution in [2.75, 3.05) is 0 Å². The van der Waals surface area contributed by atoms with E-state index >= 15 is 0 Å². The lowest BCUT2D eigenvalue weighted by Gasteiger charge is -2.11. The molecule has 6 rings (SSSR count). The summed E-state index contributed by atoms with van der Waals surface area (Å²) in [5, 5.41) is 9.74. The van der Waals surface area contributed by atoms with Crippen LogP contribution in [0.15, 0.2) is 54.6 Å². The molecule has 0 bridgehead atoms. The van der Waals surface area contributed by atoms with Gasteiger partial charge < -0.3 is 0 Å². The lowest BCUT2D eigenvalue weighted by atomic mass is 9.92. The molecule has 0 aliphatic carbocycles. The number of rotatable bonds is 3. The maximum atomic E-state index is 12.7. The molecule has 0 saturated heterocycles. The lowest BCUT2D eigenvalue weighted by Crippen LogP contribution is -2.25. The van der Waals surface area contributed by atoms with Gasteiger partial charge in [-0.25, -0.2) is 0 Å². The van der Waals surface area contributed by atoms with Gasteiger partial charge in [0, 0.05) is 5.56 Å². The van der Waals surface area contributed by atoms with Crippen LogP contribution >= 0.6 is 0 Å². The Balaban J connectivity index is 1.74. The molecule has 6 aromatic carbocycles. The molecule has 0 aliphatic heterocycles. The molecule has 140 valence electrons. The van der Waals surface area contributed by atoms with Gasteiger partial charge in [0.15, 0.2) is 5.78 Å². The number of Topliss-reactive ketones (excluding diaryl/α,β-unsaturated/α-hetero) is 2. The fourth-order valence-electron chi connectivity index (χ4n) is 4.74. The van der Waals surface area contributed by atoms with Gasteiger partial charge in [0.05, 0.1) is 6.42 Å². The van der Waals surface area contributed by atoms with Crippen molar-refractivity contribution in [3.63, 3.8) is 0 Å². The Hall–Kier alpha value is -3.47. The summed E-state index contributed by atoms with van der Waals surface area (Å²) in [6.07, 6.45) is -6.20. The number of benzene rings is 5. The fraction of sp³-hybridized carbons (Fsp3) is 0.0833. The molecule has 0 heterocycles. The van der Waals surface area contributed by atoms with Crippen molar-refractivity contribution < 1.29 is 22.8 Å². The van der Waals surface area contributed by atoms with E-state index < -0.39 is 24.2 Å². The van der Waals surface area contributed by atoms with Gasteiger partial charge >= 0.3 is 6.18 Å². The molecule has 0 N–H and O–H groups in total.